The van der Waals surface area contributed by atoms with E-state index < -0.39 is 0 Å². The van der Waals surface area contributed by atoms with Gasteiger partial charge >= 0.3 is 0 Å². The van der Waals surface area contributed by atoms with Crippen LogP contribution < -0.4 is 0 Å². The lowest BCUT2D eigenvalue weighted by Crippen LogP contribution is -1.90. The van der Waals surface area contributed by atoms with Crippen LogP contribution in [0.1, 0.15) is 11.1 Å². The van der Waals surface area contributed by atoms with Gasteiger partial charge < -0.3 is 15.3 Å². The van der Waals surface area contributed by atoms with Crippen molar-refractivity contribution in [2.75, 3.05) is 0 Å². The number of fused-ring (bicyclic) bond motifs is 1. The quantitative estimate of drug-likeness (QED) is 0.622. The minimum absolute atomic E-state index is 0.159. The van der Waals surface area contributed by atoms with Crippen molar-refractivity contribution in [2.45, 2.75) is 6.42 Å². The molecule has 3 nitrogen and oxygen atoms in total. The molecule has 0 aliphatic heterocycles. The maximum absolute atomic E-state index is 10.3. The summed E-state index contributed by atoms with van der Waals surface area (Å²) in [4.78, 5) is 0. The molecule has 0 atom stereocenters. The monoisotopic (exact) mass is 266 g/mol. The van der Waals surface area contributed by atoms with E-state index in [9.17, 15) is 15.3 Å². The topological polar surface area (TPSA) is 60.7 Å². The Morgan fingerprint density at radius 2 is 1.40 bits per heavy atom. The number of hydrogen-bond donors (Lipinski definition) is 3. The first-order chi connectivity index (χ1) is 9.65. The Balaban J connectivity index is 2.08. The van der Waals surface area contributed by atoms with Crippen LogP contribution in [0.25, 0.3) is 10.8 Å². The van der Waals surface area contributed by atoms with Gasteiger partial charge in [0, 0.05) is 22.8 Å². The summed E-state index contributed by atoms with van der Waals surface area (Å²) in [7, 11) is 0. The molecule has 0 aromatic heterocycles. The smallest absolute Gasteiger partial charge is 0.127 e. The van der Waals surface area contributed by atoms with Crippen LogP contribution in [0.3, 0.4) is 0 Å². The van der Waals surface area contributed by atoms with Gasteiger partial charge in [0.15, 0.2) is 0 Å². The predicted octanol–water partition coefficient (Wildman–Crippen LogP) is 3.55. The molecule has 3 aromatic rings. The fourth-order valence-electron chi connectivity index (χ4n) is 2.37. The van der Waals surface area contributed by atoms with Crippen LogP contribution >= 0.6 is 0 Å². The molecule has 0 aliphatic rings. The summed E-state index contributed by atoms with van der Waals surface area (Å²) >= 11 is 0. The molecule has 0 aliphatic carbocycles. The van der Waals surface area contributed by atoms with Gasteiger partial charge in [-0.3, -0.25) is 0 Å². The molecule has 20 heavy (non-hydrogen) atoms. The molecule has 0 heterocycles. The lowest BCUT2D eigenvalue weighted by molar-refractivity contribution is 0.464. The van der Waals surface area contributed by atoms with Gasteiger partial charge in [0.2, 0.25) is 0 Å². The molecule has 0 amide bonds. The summed E-state index contributed by atoms with van der Waals surface area (Å²) in [5.41, 5.74) is 1.61. The van der Waals surface area contributed by atoms with Gasteiger partial charge in [-0.15, -0.1) is 0 Å². The van der Waals surface area contributed by atoms with Gasteiger partial charge in [0.05, 0.1) is 0 Å². The van der Waals surface area contributed by atoms with E-state index in [0.717, 1.165) is 5.56 Å². The molecule has 3 aromatic carbocycles. The van der Waals surface area contributed by atoms with Crippen LogP contribution in [0.15, 0.2) is 54.6 Å². The molecule has 0 saturated heterocycles. The minimum Gasteiger partial charge on any atom is -0.508 e. The number of hydrogen-bond acceptors (Lipinski definition) is 3. The van der Waals surface area contributed by atoms with Crippen molar-refractivity contribution in [1.82, 2.24) is 0 Å². The van der Waals surface area contributed by atoms with Gasteiger partial charge in [-0.05, 0) is 23.8 Å². The molecule has 0 spiro atoms. The highest BCUT2D eigenvalue weighted by atomic mass is 16.3. The molecule has 3 N–H and O–H groups in total. The second-order valence-electron chi connectivity index (χ2n) is 4.79. The van der Waals surface area contributed by atoms with Crippen molar-refractivity contribution in [3.8, 4) is 17.2 Å². The van der Waals surface area contributed by atoms with Crippen molar-refractivity contribution in [2.24, 2.45) is 0 Å². The normalized spacial score (nSPS) is 10.8. The zero-order valence-electron chi connectivity index (χ0n) is 10.7. The molecular formula is C17H14O3. The third-order valence-corrected chi connectivity index (χ3v) is 3.40. The Hall–Kier alpha value is -2.68. The minimum atomic E-state index is 0.159. The zero-order chi connectivity index (χ0) is 14.1. The van der Waals surface area contributed by atoms with E-state index in [1.165, 1.54) is 0 Å². The SMILES string of the molecule is Oc1ccc(Cc2cc(O)c3ccccc3c2O)cc1. The van der Waals surface area contributed by atoms with Crippen molar-refractivity contribution in [1.29, 1.82) is 0 Å². The van der Waals surface area contributed by atoms with Crippen LogP contribution in [0, 0.1) is 0 Å². The first-order valence-corrected chi connectivity index (χ1v) is 6.35. The van der Waals surface area contributed by atoms with Crippen LogP contribution in [0.5, 0.6) is 17.2 Å². The molecule has 0 bridgehead atoms. The van der Waals surface area contributed by atoms with E-state index in [2.05, 4.69) is 0 Å². The van der Waals surface area contributed by atoms with E-state index >= 15 is 0 Å². The van der Waals surface area contributed by atoms with Gasteiger partial charge in [0.1, 0.15) is 17.2 Å². The maximum Gasteiger partial charge on any atom is 0.127 e. The van der Waals surface area contributed by atoms with Crippen LogP contribution in [-0.2, 0) is 6.42 Å². The van der Waals surface area contributed by atoms with E-state index in [-0.39, 0.29) is 17.2 Å². The molecule has 0 radical (unpaired) electrons. The first kappa shape index (κ1) is 12.4. The molecule has 3 heteroatoms. The second-order valence-corrected chi connectivity index (χ2v) is 4.79. The van der Waals surface area contributed by atoms with E-state index in [1.54, 1.807) is 42.5 Å². The summed E-state index contributed by atoms with van der Waals surface area (Å²) < 4.78 is 0. The van der Waals surface area contributed by atoms with Crippen molar-refractivity contribution < 1.29 is 15.3 Å². The summed E-state index contributed by atoms with van der Waals surface area (Å²) in [6.07, 6.45) is 0.491. The largest absolute Gasteiger partial charge is 0.508 e. The van der Waals surface area contributed by atoms with E-state index in [1.807, 2.05) is 12.1 Å². The summed E-state index contributed by atoms with van der Waals surface area (Å²) in [6.45, 7) is 0. The molecule has 0 fully saturated rings. The van der Waals surface area contributed by atoms with Gasteiger partial charge in [-0.1, -0.05) is 36.4 Å². The van der Waals surface area contributed by atoms with E-state index in [0.29, 0.717) is 22.8 Å². The zero-order valence-corrected chi connectivity index (χ0v) is 10.7. The lowest BCUT2D eigenvalue weighted by atomic mass is 9.99. The number of benzene rings is 3. The van der Waals surface area contributed by atoms with E-state index in [4.69, 9.17) is 0 Å². The molecular weight excluding hydrogens is 252 g/mol. The number of rotatable bonds is 2. The lowest BCUT2D eigenvalue weighted by Gasteiger charge is -2.10. The summed E-state index contributed by atoms with van der Waals surface area (Å²) in [5.74, 6) is 0.554. The number of phenolic OH excluding ortho intramolecular Hbond substituents is 3. The van der Waals surface area contributed by atoms with Crippen LogP contribution in [0.4, 0.5) is 0 Å². The Morgan fingerprint density at radius 1 is 0.750 bits per heavy atom. The highest BCUT2D eigenvalue weighted by Crippen LogP contribution is 2.36. The standard InChI is InChI=1S/C17H14O3/c18-13-7-5-11(6-8-13)9-12-10-16(19)14-3-1-2-4-15(14)17(12)20/h1-8,10,18-20H,9H2. The van der Waals surface area contributed by atoms with Gasteiger partial charge in [-0.25, -0.2) is 0 Å². The average molecular weight is 266 g/mol. The Kier molecular flexibility index (Phi) is 2.95. The Labute approximate surface area is 116 Å². The molecule has 0 unspecified atom stereocenters. The third kappa shape index (κ3) is 2.14. The molecule has 3 rings (SSSR count). The van der Waals surface area contributed by atoms with Crippen LogP contribution in [-0.4, -0.2) is 15.3 Å². The van der Waals surface area contributed by atoms with Crippen molar-refractivity contribution in [3.63, 3.8) is 0 Å². The fourth-order valence-corrected chi connectivity index (χ4v) is 2.37. The van der Waals surface area contributed by atoms with Gasteiger partial charge in [-0.2, -0.15) is 0 Å². The second kappa shape index (κ2) is 4.78. The maximum atomic E-state index is 10.3. The van der Waals surface area contributed by atoms with Crippen molar-refractivity contribution in [3.05, 3.63) is 65.7 Å². The summed E-state index contributed by atoms with van der Waals surface area (Å²) in [6, 6.07) is 15.6. The van der Waals surface area contributed by atoms with Gasteiger partial charge in [0.25, 0.3) is 0 Å². The Bertz CT molecular complexity index is 761. The van der Waals surface area contributed by atoms with Crippen LogP contribution in [0.2, 0.25) is 0 Å². The average Bonchev–Trinajstić information content (AvgIpc) is 2.47. The van der Waals surface area contributed by atoms with Crippen molar-refractivity contribution >= 4 is 10.8 Å². The number of aromatic hydroxyl groups is 3. The molecule has 0 saturated carbocycles. The third-order valence-electron chi connectivity index (χ3n) is 3.40. The highest BCUT2D eigenvalue weighted by Gasteiger charge is 2.11. The Morgan fingerprint density at radius 3 is 2.10 bits per heavy atom. The highest BCUT2D eigenvalue weighted by molar-refractivity contribution is 5.94. The molecule has 100 valence electrons. The first-order valence-electron chi connectivity index (χ1n) is 6.35. The fraction of sp³-hybridized carbons (Fsp3) is 0.0588. The predicted molar refractivity (Wildman–Crippen MR) is 78.2 cm³/mol. The summed E-state index contributed by atoms with van der Waals surface area (Å²) in [5, 5.41) is 30.9. The number of phenols is 3.